The van der Waals surface area contributed by atoms with E-state index in [0.29, 0.717) is 11.4 Å². The second kappa shape index (κ2) is 6.36. The van der Waals surface area contributed by atoms with Crippen molar-refractivity contribution in [1.82, 2.24) is 5.32 Å². The molecule has 0 radical (unpaired) electrons. The van der Waals surface area contributed by atoms with Gasteiger partial charge in [0, 0.05) is 11.1 Å². The molecule has 1 aromatic rings. The molecule has 3 nitrogen and oxygen atoms in total. The Morgan fingerprint density at radius 3 is 2.18 bits per heavy atom. The number of hydrogen-bond acceptors (Lipinski definition) is 3. The number of nitrogens with one attached hydrogen (secondary N) is 1. The van der Waals surface area contributed by atoms with Crippen molar-refractivity contribution >= 4 is 11.6 Å². The molecule has 0 amide bonds. The van der Waals surface area contributed by atoms with Crippen molar-refractivity contribution in [3.8, 4) is 0 Å². The van der Waals surface area contributed by atoms with Crippen LogP contribution in [0.4, 0.5) is 0 Å². The van der Waals surface area contributed by atoms with Gasteiger partial charge >= 0.3 is 0 Å². The van der Waals surface area contributed by atoms with E-state index in [2.05, 4.69) is 5.32 Å². The normalized spacial score (nSPS) is 13.7. The Bertz CT molecular complexity index is 328. The lowest BCUT2D eigenvalue weighted by atomic mass is 9.95. The zero-order valence-corrected chi connectivity index (χ0v) is 11.0. The standard InChI is InChI=1S/C13H20ClNO2/c1-3-13(8-16,9-17)15-10(2)11-4-6-12(14)7-5-11/h4-7,10,15-17H,3,8-9H2,1-2H3. The summed E-state index contributed by atoms with van der Waals surface area (Å²) in [6, 6.07) is 7.59. The SMILES string of the molecule is CCC(CO)(CO)NC(C)c1ccc(Cl)cc1. The van der Waals surface area contributed by atoms with Crippen molar-refractivity contribution in [2.75, 3.05) is 13.2 Å². The Kier molecular flexibility index (Phi) is 5.40. The summed E-state index contributed by atoms with van der Waals surface area (Å²) in [6.07, 6.45) is 0.665. The summed E-state index contributed by atoms with van der Waals surface area (Å²) in [5.41, 5.74) is 0.452. The van der Waals surface area contributed by atoms with Gasteiger partial charge in [-0.15, -0.1) is 0 Å². The molecule has 1 rings (SSSR count). The van der Waals surface area contributed by atoms with Crippen LogP contribution in [0.25, 0.3) is 0 Å². The van der Waals surface area contributed by atoms with Crippen LogP contribution in [0.2, 0.25) is 5.02 Å². The fraction of sp³-hybridized carbons (Fsp3) is 0.538. The molecule has 0 spiro atoms. The van der Waals surface area contributed by atoms with Crippen LogP contribution in [0.5, 0.6) is 0 Å². The smallest absolute Gasteiger partial charge is 0.0650 e. The molecule has 1 atom stereocenters. The molecule has 0 aliphatic rings. The van der Waals surface area contributed by atoms with Crippen LogP contribution in [-0.4, -0.2) is 29.0 Å². The van der Waals surface area contributed by atoms with Gasteiger partial charge in [-0.2, -0.15) is 0 Å². The topological polar surface area (TPSA) is 52.5 Å². The molecule has 0 aromatic heterocycles. The van der Waals surface area contributed by atoms with E-state index in [1.165, 1.54) is 0 Å². The zero-order valence-electron chi connectivity index (χ0n) is 10.3. The van der Waals surface area contributed by atoms with E-state index in [1.54, 1.807) is 0 Å². The lowest BCUT2D eigenvalue weighted by Gasteiger charge is -2.33. The first kappa shape index (κ1) is 14.5. The van der Waals surface area contributed by atoms with E-state index < -0.39 is 5.54 Å². The van der Waals surface area contributed by atoms with E-state index in [-0.39, 0.29) is 19.3 Å². The predicted octanol–water partition coefficient (Wildman–Crippen LogP) is 2.12. The number of rotatable bonds is 6. The van der Waals surface area contributed by atoms with Crippen molar-refractivity contribution in [3.05, 3.63) is 34.9 Å². The van der Waals surface area contributed by atoms with Gasteiger partial charge in [-0.25, -0.2) is 0 Å². The number of aliphatic hydroxyl groups is 2. The molecule has 0 heterocycles. The molecule has 17 heavy (non-hydrogen) atoms. The van der Waals surface area contributed by atoms with Gasteiger partial charge < -0.3 is 15.5 Å². The fourth-order valence-corrected chi connectivity index (χ4v) is 1.89. The highest BCUT2D eigenvalue weighted by molar-refractivity contribution is 6.30. The van der Waals surface area contributed by atoms with Gasteiger partial charge in [-0.05, 0) is 31.0 Å². The molecular weight excluding hydrogens is 238 g/mol. The van der Waals surface area contributed by atoms with Crippen molar-refractivity contribution in [2.45, 2.75) is 31.8 Å². The molecule has 4 heteroatoms. The molecule has 0 bridgehead atoms. The summed E-state index contributed by atoms with van der Waals surface area (Å²) < 4.78 is 0. The first-order chi connectivity index (χ1) is 8.06. The van der Waals surface area contributed by atoms with E-state index in [0.717, 1.165) is 5.56 Å². The van der Waals surface area contributed by atoms with Crippen LogP contribution in [0, 0.1) is 0 Å². The van der Waals surface area contributed by atoms with Gasteiger partial charge in [-0.3, -0.25) is 0 Å². The van der Waals surface area contributed by atoms with Crippen LogP contribution in [0.3, 0.4) is 0 Å². The fourth-order valence-electron chi connectivity index (χ4n) is 1.76. The molecule has 0 fully saturated rings. The van der Waals surface area contributed by atoms with Gasteiger partial charge in [0.15, 0.2) is 0 Å². The monoisotopic (exact) mass is 257 g/mol. The lowest BCUT2D eigenvalue weighted by molar-refractivity contribution is 0.0793. The molecular formula is C13H20ClNO2. The highest BCUT2D eigenvalue weighted by Gasteiger charge is 2.28. The molecule has 0 saturated heterocycles. The van der Waals surface area contributed by atoms with Crippen LogP contribution in [-0.2, 0) is 0 Å². The highest BCUT2D eigenvalue weighted by atomic mass is 35.5. The van der Waals surface area contributed by atoms with E-state index in [1.807, 2.05) is 38.1 Å². The summed E-state index contributed by atoms with van der Waals surface area (Å²) in [5, 5.41) is 22.7. The summed E-state index contributed by atoms with van der Waals surface area (Å²) >= 11 is 5.83. The third-order valence-corrected chi connectivity index (χ3v) is 3.43. The Morgan fingerprint density at radius 1 is 1.24 bits per heavy atom. The van der Waals surface area contributed by atoms with E-state index in [4.69, 9.17) is 11.6 Å². The molecule has 96 valence electrons. The first-order valence-electron chi connectivity index (χ1n) is 5.82. The zero-order chi connectivity index (χ0) is 12.9. The van der Waals surface area contributed by atoms with Crippen molar-refractivity contribution in [1.29, 1.82) is 0 Å². The van der Waals surface area contributed by atoms with E-state index in [9.17, 15) is 10.2 Å². The number of hydrogen-bond donors (Lipinski definition) is 3. The van der Waals surface area contributed by atoms with Crippen molar-refractivity contribution < 1.29 is 10.2 Å². The summed E-state index contributed by atoms with van der Waals surface area (Å²) in [7, 11) is 0. The van der Waals surface area contributed by atoms with Crippen molar-refractivity contribution in [2.24, 2.45) is 0 Å². The summed E-state index contributed by atoms with van der Waals surface area (Å²) in [5.74, 6) is 0. The lowest BCUT2D eigenvalue weighted by Crippen LogP contribution is -2.52. The largest absolute Gasteiger partial charge is 0.394 e. The first-order valence-corrected chi connectivity index (χ1v) is 6.19. The Morgan fingerprint density at radius 2 is 1.76 bits per heavy atom. The molecule has 0 aliphatic heterocycles. The maximum Gasteiger partial charge on any atom is 0.0650 e. The van der Waals surface area contributed by atoms with Gasteiger partial charge in [0.2, 0.25) is 0 Å². The number of benzene rings is 1. The molecule has 0 aliphatic carbocycles. The Hall–Kier alpha value is -0.610. The second-order valence-electron chi connectivity index (χ2n) is 4.37. The third-order valence-electron chi connectivity index (χ3n) is 3.17. The molecule has 3 N–H and O–H groups in total. The van der Waals surface area contributed by atoms with Crippen LogP contribution in [0.1, 0.15) is 31.9 Å². The van der Waals surface area contributed by atoms with Crippen molar-refractivity contribution in [3.63, 3.8) is 0 Å². The second-order valence-corrected chi connectivity index (χ2v) is 4.80. The van der Waals surface area contributed by atoms with Gasteiger partial charge in [-0.1, -0.05) is 30.7 Å². The van der Waals surface area contributed by atoms with E-state index >= 15 is 0 Å². The maximum atomic E-state index is 9.37. The maximum absolute atomic E-state index is 9.37. The minimum Gasteiger partial charge on any atom is -0.394 e. The average molecular weight is 258 g/mol. The summed E-state index contributed by atoms with van der Waals surface area (Å²) in [6.45, 7) is 3.77. The molecule has 0 saturated carbocycles. The highest BCUT2D eigenvalue weighted by Crippen LogP contribution is 2.20. The van der Waals surface area contributed by atoms with Gasteiger partial charge in [0.1, 0.15) is 0 Å². The predicted molar refractivity (Wildman–Crippen MR) is 70.2 cm³/mol. The van der Waals surface area contributed by atoms with Gasteiger partial charge in [0.05, 0.1) is 18.8 Å². The Labute approximate surface area is 107 Å². The Balaban J connectivity index is 2.76. The average Bonchev–Trinajstić information content (AvgIpc) is 2.37. The number of aliphatic hydroxyl groups excluding tert-OH is 2. The van der Waals surface area contributed by atoms with Crippen LogP contribution < -0.4 is 5.32 Å². The number of halogens is 1. The van der Waals surface area contributed by atoms with Crippen LogP contribution in [0.15, 0.2) is 24.3 Å². The minimum absolute atomic E-state index is 0.0477. The van der Waals surface area contributed by atoms with Gasteiger partial charge in [0.25, 0.3) is 0 Å². The quantitative estimate of drug-likeness (QED) is 0.732. The third kappa shape index (κ3) is 3.68. The molecule has 1 aromatic carbocycles. The molecule has 1 unspecified atom stereocenters. The summed E-state index contributed by atoms with van der Waals surface area (Å²) in [4.78, 5) is 0. The van der Waals surface area contributed by atoms with Crippen LogP contribution >= 0.6 is 11.6 Å². The minimum atomic E-state index is -0.626.